The van der Waals surface area contributed by atoms with Gasteiger partial charge >= 0.3 is 0 Å². The fraction of sp³-hybridized carbons (Fsp3) is 0.250. The van der Waals surface area contributed by atoms with Crippen LogP contribution in [0.2, 0.25) is 0 Å². The molecule has 2 aromatic carbocycles. The molecule has 1 atom stereocenters. The third kappa shape index (κ3) is 3.04. The predicted molar refractivity (Wildman–Crippen MR) is 75.7 cm³/mol. The quantitative estimate of drug-likeness (QED) is 0.822. The highest BCUT2D eigenvalue weighted by Gasteiger charge is 2.07. The first kappa shape index (κ1) is 12.5. The summed E-state index contributed by atoms with van der Waals surface area (Å²) in [6.07, 6.45) is 1.02. The van der Waals surface area contributed by atoms with Crippen LogP contribution in [0.3, 0.4) is 0 Å². The zero-order chi connectivity index (χ0) is 13.0. The van der Waals surface area contributed by atoms with E-state index in [-0.39, 0.29) is 6.10 Å². The maximum Gasteiger partial charge on any atom is 0.121 e. The van der Waals surface area contributed by atoms with E-state index in [1.165, 1.54) is 5.56 Å². The van der Waals surface area contributed by atoms with Crippen molar-refractivity contribution in [2.45, 2.75) is 26.4 Å². The topological polar surface area (TPSA) is 35.2 Å². The van der Waals surface area contributed by atoms with Gasteiger partial charge in [-0.1, -0.05) is 31.2 Å². The Bertz CT molecular complexity index is 522. The van der Waals surface area contributed by atoms with Crippen molar-refractivity contribution in [2.75, 3.05) is 5.73 Å². The van der Waals surface area contributed by atoms with Crippen molar-refractivity contribution in [1.82, 2.24) is 0 Å². The van der Waals surface area contributed by atoms with Crippen LogP contribution >= 0.6 is 0 Å². The minimum absolute atomic E-state index is 0.000561. The Balaban J connectivity index is 2.13. The Morgan fingerprint density at radius 2 is 1.89 bits per heavy atom. The molecule has 0 aliphatic carbocycles. The summed E-state index contributed by atoms with van der Waals surface area (Å²) in [4.78, 5) is 0. The highest BCUT2D eigenvalue weighted by atomic mass is 16.5. The van der Waals surface area contributed by atoms with Gasteiger partial charge in [-0.25, -0.2) is 0 Å². The Morgan fingerprint density at radius 1 is 1.11 bits per heavy atom. The lowest BCUT2D eigenvalue weighted by Crippen LogP contribution is -2.03. The van der Waals surface area contributed by atoms with Crippen molar-refractivity contribution < 1.29 is 4.74 Å². The summed E-state index contributed by atoms with van der Waals surface area (Å²) >= 11 is 0. The minimum Gasteiger partial charge on any atom is -0.486 e. The summed E-state index contributed by atoms with van der Waals surface area (Å²) in [6.45, 7) is 4.17. The predicted octanol–water partition coefficient (Wildman–Crippen LogP) is 3.97. The van der Waals surface area contributed by atoms with E-state index in [4.69, 9.17) is 10.5 Å². The lowest BCUT2D eigenvalue weighted by molar-refractivity contribution is 0.227. The van der Waals surface area contributed by atoms with Gasteiger partial charge in [0.1, 0.15) is 11.9 Å². The molecule has 2 aromatic rings. The first-order valence-electron chi connectivity index (χ1n) is 6.30. The van der Waals surface area contributed by atoms with Gasteiger partial charge in [-0.05, 0) is 48.7 Å². The molecule has 0 aromatic heterocycles. The van der Waals surface area contributed by atoms with E-state index in [1.807, 2.05) is 43.3 Å². The minimum atomic E-state index is 0.000561. The van der Waals surface area contributed by atoms with Crippen molar-refractivity contribution in [1.29, 1.82) is 0 Å². The second kappa shape index (κ2) is 5.58. The number of nitrogen functional groups attached to an aromatic ring is 1. The Morgan fingerprint density at radius 3 is 2.61 bits per heavy atom. The molecule has 2 nitrogen and oxygen atoms in total. The first-order chi connectivity index (χ1) is 8.69. The van der Waals surface area contributed by atoms with E-state index >= 15 is 0 Å². The van der Waals surface area contributed by atoms with Crippen LogP contribution in [0.5, 0.6) is 5.75 Å². The van der Waals surface area contributed by atoms with E-state index in [9.17, 15) is 0 Å². The van der Waals surface area contributed by atoms with Crippen LogP contribution in [0, 0.1) is 0 Å². The Labute approximate surface area is 108 Å². The van der Waals surface area contributed by atoms with Crippen molar-refractivity contribution in [3.8, 4) is 5.75 Å². The van der Waals surface area contributed by atoms with Gasteiger partial charge in [-0.2, -0.15) is 0 Å². The van der Waals surface area contributed by atoms with Gasteiger partial charge in [-0.3, -0.25) is 0 Å². The number of aryl methyl sites for hydroxylation is 1. The molecule has 0 aliphatic rings. The van der Waals surface area contributed by atoms with Gasteiger partial charge in [0.2, 0.25) is 0 Å². The largest absolute Gasteiger partial charge is 0.486 e. The summed E-state index contributed by atoms with van der Waals surface area (Å²) in [6, 6.07) is 16.0. The summed E-state index contributed by atoms with van der Waals surface area (Å²) in [5, 5.41) is 0. The van der Waals surface area contributed by atoms with Crippen LogP contribution in [0.25, 0.3) is 0 Å². The monoisotopic (exact) mass is 241 g/mol. The van der Waals surface area contributed by atoms with Crippen LogP contribution in [0.15, 0.2) is 48.5 Å². The molecule has 0 aliphatic heterocycles. The Kier molecular flexibility index (Phi) is 3.88. The highest BCUT2D eigenvalue weighted by molar-refractivity contribution is 5.41. The smallest absolute Gasteiger partial charge is 0.121 e. The highest BCUT2D eigenvalue weighted by Crippen LogP contribution is 2.23. The van der Waals surface area contributed by atoms with Gasteiger partial charge in [-0.15, -0.1) is 0 Å². The second-order valence-corrected chi connectivity index (χ2v) is 4.43. The molecule has 0 heterocycles. The van der Waals surface area contributed by atoms with E-state index in [2.05, 4.69) is 19.1 Å². The van der Waals surface area contributed by atoms with E-state index in [1.54, 1.807) is 0 Å². The molecule has 2 heteroatoms. The molecule has 0 radical (unpaired) electrons. The summed E-state index contributed by atoms with van der Waals surface area (Å²) in [5.74, 6) is 0.907. The molecule has 0 spiro atoms. The molecule has 0 amide bonds. The zero-order valence-electron chi connectivity index (χ0n) is 10.9. The van der Waals surface area contributed by atoms with Crippen LogP contribution in [0.4, 0.5) is 5.69 Å². The van der Waals surface area contributed by atoms with Crippen LogP contribution in [-0.4, -0.2) is 0 Å². The number of hydrogen-bond donors (Lipinski definition) is 1. The van der Waals surface area contributed by atoms with Gasteiger partial charge < -0.3 is 10.5 Å². The van der Waals surface area contributed by atoms with Crippen LogP contribution < -0.4 is 10.5 Å². The van der Waals surface area contributed by atoms with Crippen molar-refractivity contribution in [2.24, 2.45) is 0 Å². The second-order valence-electron chi connectivity index (χ2n) is 4.43. The van der Waals surface area contributed by atoms with E-state index < -0.39 is 0 Å². The number of anilines is 1. The normalized spacial score (nSPS) is 12.1. The maximum atomic E-state index is 5.94. The molecular formula is C16H19NO. The standard InChI is InChI=1S/C16H19NO/c1-3-13-6-4-9-16(10-13)18-12(2)14-7-5-8-15(17)11-14/h4-12H,3,17H2,1-2H3. The molecule has 0 saturated heterocycles. The molecule has 1 unspecified atom stereocenters. The number of ether oxygens (including phenoxy) is 1. The fourth-order valence-electron chi connectivity index (χ4n) is 1.92. The maximum absolute atomic E-state index is 5.94. The summed E-state index contributed by atoms with van der Waals surface area (Å²) in [7, 11) is 0. The van der Waals surface area contributed by atoms with E-state index in [0.717, 1.165) is 23.4 Å². The summed E-state index contributed by atoms with van der Waals surface area (Å²) < 4.78 is 5.94. The Hall–Kier alpha value is -1.96. The fourth-order valence-corrected chi connectivity index (χ4v) is 1.92. The van der Waals surface area contributed by atoms with Crippen molar-refractivity contribution in [3.05, 3.63) is 59.7 Å². The van der Waals surface area contributed by atoms with Crippen LogP contribution in [-0.2, 0) is 6.42 Å². The molecule has 0 saturated carbocycles. The molecule has 2 N–H and O–H groups in total. The molecule has 2 rings (SSSR count). The molecular weight excluding hydrogens is 222 g/mol. The lowest BCUT2D eigenvalue weighted by atomic mass is 10.1. The zero-order valence-corrected chi connectivity index (χ0v) is 10.9. The first-order valence-corrected chi connectivity index (χ1v) is 6.30. The SMILES string of the molecule is CCc1cccc(OC(C)c2cccc(N)c2)c1. The summed E-state index contributed by atoms with van der Waals surface area (Å²) in [5.41, 5.74) is 8.93. The van der Waals surface area contributed by atoms with Gasteiger partial charge in [0.25, 0.3) is 0 Å². The third-order valence-electron chi connectivity index (χ3n) is 3.00. The number of hydrogen-bond acceptors (Lipinski definition) is 2. The average molecular weight is 241 g/mol. The van der Waals surface area contributed by atoms with Crippen molar-refractivity contribution in [3.63, 3.8) is 0 Å². The van der Waals surface area contributed by atoms with Gasteiger partial charge in [0.05, 0.1) is 0 Å². The molecule has 0 bridgehead atoms. The number of rotatable bonds is 4. The van der Waals surface area contributed by atoms with Gasteiger partial charge in [0, 0.05) is 5.69 Å². The number of benzene rings is 2. The lowest BCUT2D eigenvalue weighted by Gasteiger charge is -2.16. The molecule has 0 fully saturated rings. The molecule has 94 valence electrons. The number of nitrogens with two attached hydrogens (primary N) is 1. The van der Waals surface area contributed by atoms with E-state index in [0.29, 0.717) is 0 Å². The van der Waals surface area contributed by atoms with Crippen LogP contribution in [0.1, 0.15) is 31.1 Å². The van der Waals surface area contributed by atoms with Gasteiger partial charge in [0.15, 0.2) is 0 Å². The molecule has 18 heavy (non-hydrogen) atoms. The third-order valence-corrected chi connectivity index (χ3v) is 3.00. The van der Waals surface area contributed by atoms with Crippen molar-refractivity contribution >= 4 is 5.69 Å². The average Bonchev–Trinajstić information content (AvgIpc) is 2.39.